The summed E-state index contributed by atoms with van der Waals surface area (Å²) in [5.41, 5.74) is 2.16. The molecule has 2 heterocycles. The Morgan fingerprint density at radius 2 is 2.00 bits per heavy atom. The van der Waals surface area contributed by atoms with Crippen molar-refractivity contribution in [2.75, 3.05) is 5.32 Å². The number of ether oxygens (including phenoxy) is 1. The fourth-order valence-electron chi connectivity index (χ4n) is 2.40. The van der Waals surface area contributed by atoms with Gasteiger partial charge in [0.2, 0.25) is 5.91 Å². The molecule has 0 spiro atoms. The van der Waals surface area contributed by atoms with Gasteiger partial charge in [-0.2, -0.15) is 5.26 Å². The predicted molar refractivity (Wildman–Crippen MR) is 102 cm³/mol. The van der Waals surface area contributed by atoms with Gasteiger partial charge in [0.25, 0.3) is 0 Å². The van der Waals surface area contributed by atoms with E-state index in [9.17, 15) is 9.59 Å². The summed E-state index contributed by atoms with van der Waals surface area (Å²) in [6.07, 6.45) is 0. The van der Waals surface area contributed by atoms with Crippen molar-refractivity contribution in [3.8, 4) is 16.5 Å². The zero-order chi connectivity index (χ0) is 18.5. The van der Waals surface area contributed by atoms with E-state index in [-0.39, 0.29) is 12.5 Å². The SMILES string of the molecule is CC(=O)Nc1scc(-c2cccs2)c1C(=O)OCc1ccccc1C#N. The summed E-state index contributed by atoms with van der Waals surface area (Å²) in [6, 6.07) is 12.8. The molecule has 7 heteroatoms. The standard InChI is InChI=1S/C19H14N2O3S2/c1-12(22)21-18-17(15(11-26-18)16-7-4-8-25-16)19(23)24-10-14-6-3-2-5-13(14)9-20/h2-8,11H,10H2,1H3,(H,21,22). The van der Waals surface area contributed by atoms with Crippen molar-refractivity contribution in [2.45, 2.75) is 13.5 Å². The van der Waals surface area contributed by atoms with Crippen molar-refractivity contribution in [1.82, 2.24) is 0 Å². The number of nitrogens with one attached hydrogen (secondary N) is 1. The molecule has 0 aliphatic heterocycles. The molecule has 0 atom stereocenters. The number of carbonyl (C=O) groups is 2. The minimum Gasteiger partial charge on any atom is -0.457 e. The minimum atomic E-state index is -0.536. The lowest BCUT2D eigenvalue weighted by atomic mass is 10.1. The third kappa shape index (κ3) is 3.82. The Balaban J connectivity index is 1.89. The van der Waals surface area contributed by atoms with E-state index in [0.29, 0.717) is 21.7 Å². The molecule has 3 rings (SSSR count). The highest BCUT2D eigenvalue weighted by atomic mass is 32.1. The maximum Gasteiger partial charge on any atom is 0.342 e. The molecule has 0 saturated heterocycles. The average Bonchev–Trinajstić information content (AvgIpc) is 3.29. The largest absolute Gasteiger partial charge is 0.457 e. The number of rotatable bonds is 5. The Hall–Kier alpha value is -2.95. The third-order valence-corrected chi connectivity index (χ3v) is 5.37. The van der Waals surface area contributed by atoms with E-state index in [4.69, 9.17) is 10.00 Å². The van der Waals surface area contributed by atoms with E-state index in [1.807, 2.05) is 22.9 Å². The molecule has 5 nitrogen and oxygen atoms in total. The van der Waals surface area contributed by atoms with Crippen molar-refractivity contribution in [3.05, 3.63) is 63.8 Å². The van der Waals surface area contributed by atoms with Crippen LogP contribution in [-0.2, 0) is 16.1 Å². The average molecular weight is 382 g/mol. The van der Waals surface area contributed by atoms with Crippen LogP contribution >= 0.6 is 22.7 Å². The van der Waals surface area contributed by atoms with Crippen LogP contribution in [0.3, 0.4) is 0 Å². The van der Waals surface area contributed by atoms with Crippen LogP contribution in [0.1, 0.15) is 28.4 Å². The highest BCUT2D eigenvalue weighted by molar-refractivity contribution is 7.17. The molecule has 0 saturated carbocycles. The Labute approximate surface area is 158 Å². The van der Waals surface area contributed by atoms with Gasteiger partial charge in [0, 0.05) is 28.3 Å². The van der Waals surface area contributed by atoms with Gasteiger partial charge in [-0.05, 0) is 17.5 Å². The molecule has 0 aliphatic rings. The first-order valence-corrected chi connectivity index (χ1v) is 9.44. The topological polar surface area (TPSA) is 79.2 Å². The van der Waals surface area contributed by atoms with Gasteiger partial charge >= 0.3 is 5.97 Å². The van der Waals surface area contributed by atoms with Crippen LogP contribution in [0, 0.1) is 11.3 Å². The van der Waals surface area contributed by atoms with E-state index in [2.05, 4.69) is 11.4 Å². The van der Waals surface area contributed by atoms with Crippen LogP contribution in [0.5, 0.6) is 0 Å². The summed E-state index contributed by atoms with van der Waals surface area (Å²) in [5.74, 6) is -0.792. The molecule has 0 bridgehead atoms. The van der Waals surface area contributed by atoms with Crippen LogP contribution in [0.2, 0.25) is 0 Å². The maximum atomic E-state index is 12.8. The molecular formula is C19H14N2O3S2. The van der Waals surface area contributed by atoms with E-state index in [1.54, 1.807) is 24.3 Å². The number of amides is 1. The number of anilines is 1. The summed E-state index contributed by atoms with van der Waals surface area (Å²) < 4.78 is 5.45. The molecule has 130 valence electrons. The van der Waals surface area contributed by atoms with E-state index in [1.165, 1.54) is 29.6 Å². The van der Waals surface area contributed by atoms with Gasteiger partial charge in [-0.1, -0.05) is 24.3 Å². The first kappa shape index (κ1) is 17.9. The van der Waals surface area contributed by atoms with Gasteiger partial charge in [0.15, 0.2) is 0 Å². The number of carbonyl (C=O) groups excluding carboxylic acids is 2. The van der Waals surface area contributed by atoms with Crippen LogP contribution in [-0.4, -0.2) is 11.9 Å². The number of esters is 1. The van der Waals surface area contributed by atoms with Crippen LogP contribution in [0.15, 0.2) is 47.2 Å². The monoisotopic (exact) mass is 382 g/mol. The Kier molecular flexibility index (Phi) is 5.46. The minimum absolute atomic E-state index is 0.0121. The Bertz CT molecular complexity index is 985. The summed E-state index contributed by atoms with van der Waals surface area (Å²) in [7, 11) is 0. The third-order valence-electron chi connectivity index (χ3n) is 3.57. The van der Waals surface area contributed by atoms with E-state index in [0.717, 1.165) is 10.4 Å². The molecule has 2 aromatic heterocycles. The van der Waals surface area contributed by atoms with Crippen molar-refractivity contribution in [3.63, 3.8) is 0 Å². The summed E-state index contributed by atoms with van der Waals surface area (Å²) in [4.78, 5) is 25.1. The van der Waals surface area contributed by atoms with E-state index >= 15 is 0 Å². The number of hydrogen-bond donors (Lipinski definition) is 1. The van der Waals surface area contributed by atoms with Gasteiger partial charge in [-0.3, -0.25) is 4.79 Å². The number of benzene rings is 1. The second kappa shape index (κ2) is 7.95. The Morgan fingerprint density at radius 3 is 2.69 bits per heavy atom. The van der Waals surface area contributed by atoms with Crippen molar-refractivity contribution in [2.24, 2.45) is 0 Å². The molecule has 0 radical (unpaired) electrons. The molecule has 1 aromatic carbocycles. The first-order valence-electron chi connectivity index (χ1n) is 7.68. The first-order chi connectivity index (χ1) is 12.6. The molecule has 3 aromatic rings. The van der Waals surface area contributed by atoms with Crippen LogP contribution < -0.4 is 5.32 Å². The molecule has 26 heavy (non-hydrogen) atoms. The van der Waals surface area contributed by atoms with Gasteiger partial charge < -0.3 is 10.1 Å². The molecule has 1 N–H and O–H groups in total. The van der Waals surface area contributed by atoms with Gasteiger partial charge in [0.05, 0.1) is 11.6 Å². The van der Waals surface area contributed by atoms with Crippen molar-refractivity contribution < 1.29 is 14.3 Å². The van der Waals surface area contributed by atoms with Gasteiger partial charge in [0.1, 0.15) is 17.2 Å². The smallest absolute Gasteiger partial charge is 0.342 e. The highest BCUT2D eigenvalue weighted by Gasteiger charge is 2.23. The van der Waals surface area contributed by atoms with E-state index < -0.39 is 5.97 Å². The lowest BCUT2D eigenvalue weighted by Gasteiger charge is -2.09. The fourth-order valence-corrected chi connectivity index (χ4v) is 4.21. The van der Waals surface area contributed by atoms with Crippen LogP contribution in [0.25, 0.3) is 10.4 Å². The second-order valence-corrected chi connectivity index (χ2v) is 7.18. The Morgan fingerprint density at radius 1 is 1.19 bits per heavy atom. The number of nitrogens with zero attached hydrogens (tertiary/aromatic N) is 1. The molecule has 0 unspecified atom stereocenters. The molecule has 0 fully saturated rings. The summed E-state index contributed by atoms with van der Waals surface area (Å²) in [6.45, 7) is 1.38. The number of hydrogen-bond acceptors (Lipinski definition) is 6. The second-order valence-electron chi connectivity index (χ2n) is 5.36. The fraction of sp³-hybridized carbons (Fsp3) is 0.105. The number of thiophene rings is 2. The lowest BCUT2D eigenvalue weighted by molar-refractivity contribution is -0.114. The molecule has 1 amide bonds. The zero-order valence-corrected chi connectivity index (χ0v) is 15.4. The van der Waals surface area contributed by atoms with Crippen molar-refractivity contribution >= 4 is 39.6 Å². The number of nitriles is 1. The predicted octanol–water partition coefficient (Wildman–Crippen LogP) is 4.66. The van der Waals surface area contributed by atoms with Crippen LogP contribution in [0.4, 0.5) is 5.00 Å². The lowest BCUT2D eigenvalue weighted by Crippen LogP contribution is -2.12. The normalized spacial score (nSPS) is 10.2. The maximum absolute atomic E-state index is 12.8. The molecular weight excluding hydrogens is 368 g/mol. The summed E-state index contributed by atoms with van der Waals surface area (Å²) in [5, 5.41) is 16.0. The quantitative estimate of drug-likeness (QED) is 0.651. The highest BCUT2D eigenvalue weighted by Crippen LogP contribution is 2.38. The van der Waals surface area contributed by atoms with Crippen molar-refractivity contribution in [1.29, 1.82) is 5.26 Å². The van der Waals surface area contributed by atoms with Gasteiger partial charge in [-0.15, -0.1) is 22.7 Å². The summed E-state index contributed by atoms with van der Waals surface area (Å²) >= 11 is 2.79. The molecule has 0 aliphatic carbocycles. The zero-order valence-electron chi connectivity index (χ0n) is 13.8. The van der Waals surface area contributed by atoms with Gasteiger partial charge in [-0.25, -0.2) is 4.79 Å².